The first-order chi connectivity index (χ1) is 9.06. The van der Waals surface area contributed by atoms with Crippen LogP contribution in [0.5, 0.6) is 0 Å². The van der Waals surface area contributed by atoms with Gasteiger partial charge in [0.05, 0.1) is 12.2 Å². The molecule has 2 aromatic rings. The molecule has 0 atom stereocenters. The van der Waals surface area contributed by atoms with Gasteiger partial charge >= 0.3 is 0 Å². The summed E-state index contributed by atoms with van der Waals surface area (Å²) in [5, 5.41) is 4.41. The van der Waals surface area contributed by atoms with Gasteiger partial charge in [-0.05, 0) is 19.9 Å². The minimum Gasteiger partial charge on any atom is -0.378 e. The van der Waals surface area contributed by atoms with Crippen molar-refractivity contribution in [3.63, 3.8) is 0 Å². The van der Waals surface area contributed by atoms with Crippen LogP contribution in [-0.4, -0.2) is 33.1 Å². The maximum atomic E-state index is 11.1. The molecule has 2 heterocycles. The van der Waals surface area contributed by atoms with Crippen LogP contribution in [-0.2, 0) is 11.3 Å². The summed E-state index contributed by atoms with van der Waals surface area (Å²) in [4.78, 5) is 19.6. The maximum absolute atomic E-state index is 11.1. The Morgan fingerprint density at radius 3 is 2.53 bits per heavy atom. The SMILES string of the molecule is COCc1nn(-c2nc(C)cc(C)n2)c(Cl)c1C=O. The van der Waals surface area contributed by atoms with E-state index < -0.39 is 0 Å². The van der Waals surface area contributed by atoms with Crippen LogP contribution in [0, 0.1) is 13.8 Å². The summed E-state index contributed by atoms with van der Waals surface area (Å²) in [5.74, 6) is 0.341. The van der Waals surface area contributed by atoms with Gasteiger partial charge in [0, 0.05) is 18.5 Å². The first-order valence-electron chi connectivity index (χ1n) is 5.61. The first kappa shape index (κ1) is 13.6. The summed E-state index contributed by atoms with van der Waals surface area (Å²) in [6.07, 6.45) is 0.656. The zero-order chi connectivity index (χ0) is 14.0. The summed E-state index contributed by atoms with van der Waals surface area (Å²) in [5.41, 5.74) is 2.36. The quantitative estimate of drug-likeness (QED) is 0.800. The third kappa shape index (κ3) is 2.64. The first-order valence-corrected chi connectivity index (χ1v) is 5.98. The van der Waals surface area contributed by atoms with E-state index in [2.05, 4.69) is 15.1 Å². The Morgan fingerprint density at radius 1 is 1.37 bits per heavy atom. The second-order valence-electron chi connectivity index (χ2n) is 4.06. The number of nitrogens with zero attached hydrogens (tertiary/aromatic N) is 4. The molecule has 0 radical (unpaired) electrons. The molecule has 0 spiro atoms. The molecule has 0 N–H and O–H groups in total. The molecule has 0 unspecified atom stereocenters. The van der Waals surface area contributed by atoms with Crippen molar-refractivity contribution in [2.24, 2.45) is 0 Å². The number of methoxy groups -OCH3 is 1. The lowest BCUT2D eigenvalue weighted by atomic mass is 10.3. The van der Waals surface area contributed by atoms with Crippen LogP contribution in [0.25, 0.3) is 5.95 Å². The summed E-state index contributed by atoms with van der Waals surface area (Å²) >= 11 is 6.14. The van der Waals surface area contributed by atoms with Gasteiger partial charge in [0.1, 0.15) is 10.8 Å². The Morgan fingerprint density at radius 2 is 2.00 bits per heavy atom. The molecule has 0 bridgehead atoms. The largest absolute Gasteiger partial charge is 0.378 e. The van der Waals surface area contributed by atoms with Crippen molar-refractivity contribution in [2.45, 2.75) is 20.5 Å². The molecule has 0 aromatic carbocycles. The van der Waals surface area contributed by atoms with Crippen molar-refractivity contribution >= 4 is 17.9 Å². The van der Waals surface area contributed by atoms with Crippen LogP contribution in [0.3, 0.4) is 0 Å². The highest BCUT2D eigenvalue weighted by Crippen LogP contribution is 2.21. The lowest BCUT2D eigenvalue weighted by Crippen LogP contribution is -2.06. The average molecular weight is 281 g/mol. The lowest BCUT2D eigenvalue weighted by molar-refractivity contribution is 0.111. The molecule has 100 valence electrons. The molecule has 0 amide bonds. The summed E-state index contributed by atoms with van der Waals surface area (Å²) in [7, 11) is 1.52. The lowest BCUT2D eigenvalue weighted by Gasteiger charge is -2.03. The third-order valence-electron chi connectivity index (χ3n) is 2.50. The molecule has 0 aliphatic carbocycles. The zero-order valence-electron chi connectivity index (χ0n) is 10.8. The smallest absolute Gasteiger partial charge is 0.252 e. The number of hydrogen-bond donors (Lipinski definition) is 0. The molecular formula is C12H13ClN4O2. The van der Waals surface area contributed by atoms with Gasteiger partial charge in [-0.2, -0.15) is 9.78 Å². The van der Waals surface area contributed by atoms with Crippen molar-refractivity contribution in [3.05, 3.63) is 33.9 Å². The van der Waals surface area contributed by atoms with E-state index in [0.717, 1.165) is 11.4 Å². The predicted molar refractivity (Wildman–Crippen MR) is 69.7 cm³/mol. The van der Waals surface area contributed by atoms with E-state index in [0.29, 0.717) is 23.5 Å². The molecule has 0 saturated heterocycles. The maximum Gasteiger partial charge on any atom is 0.252 e. The number of aldehydes is 1. The number of hydrogen-bond acceptors (Lipinski definition) is 5. The van der Waals surface area contributed by atoms with Crippen LogP contribution in [0.15, 0.2) is 6.07 Å². The Labute approximate surface area is 115 Å². The van der Waals surface area contributed by atoms with Gasteiger partial charge in [0.15, 0.2) is 6.29 Å². The standard InChI is InChI=1S/C12H13ClN4O2/c1-7-4-8(2)15-12(14-7)17-11(13)9(5-18)10(16-17)6-19-3/h4-5H,6H2,1-3H3. The zero-order valence-corrected chi connectivity index (χ0v) is 11.6. The Bertz CT molecular complexity index is 604. The van der Waals surface area contributed by atoms with Crippen LogP contribution in [0.2, 0.25) is 5.15 Å². The third-order valence-corrected chi connectivity index (χ3v) is 2.86. The Balaban J connectivity index is 2.58. The molecular weight excluding hydrogens is 268 g/mol. The van der Waals surface area contributed by atoms with Gasteiger partial charge < -0.3 is 4.74 Å². The topological polar surface area (TPSA) is 69.9 Å². The molecule has 19 heavy (non-hydrogen) atoms. The minimum absolute atomic E-state index is 0.187. The van der Waals surface area contributed by atoms with Crippen molar-refractivity contribution < 1.29 is 9.53 Å². The van der Waals surface area contributed by atoms with Gasteiger partial charge in [-0.1, -0.05) is 11.6 Å². The van der Waals surface area contributed by atoms with E-state index in [1.807, 2.05) is 19.9 Å². The predicted octanol–water partition coefficient (Wildman–Crippen LogP) is 1.89. The highest BCUT2D eigenvalue weighted by atomic mass is 35.5. The normalized spacial score (nSPS) is 10.7. The number of halogens is 1. The highest BCUT2D eigenvalue weighted by molar-refractivity contribution is 6.32. The van der Waals surface area contributed by atoms with Crippen molar-refractivity contribution in [2.75, 3.05) is 7.11 Å². The average Bonchev–Trinajstić information content (AvgIpc) is 2.65. The van der Waals surface area contributed by atoms with Crippen LogP contribution >= 0.6 is 11.6 Å². The van der Waals surface area contributed by atoms with Crippen molar-refractivity contribution in [3.8, 4) is 5.95 Å². The number of aromatic nitrogens is 4. The molecule has 0 aliphatic heterocycles. The van der Waals surface area contributed by atoms with E-state index in [1.54, 1.807) is 0 Å². The monoisotopic (exact) mass is 280 g/mol. The van der Waals surface area contributed by atoms with Crippen LogP contribution < -0.4 is 0 Å². The van der Waals surface area contributed by atoms with Gasteiger partial charge in [0.25, 0.3) is 5.95 Å². The van der Waals surface area contributed by atoms with Crippen LogP contribution in [0.4, 0.5) is 0 Å². The van der Waals surface area contributed by atoms with Gasteiger partial charge in [-0.3, -0.25) is 4.79 Å². The van der Waals surface area contributed by atoms with E-state index in [-0.39, 0.29) is 11.8 Å². The number of rotatable bonds is 4. The molecule has 0 aliphatic rings. The molecule has 0 fully saturated rings. The summed E-state index contributed by atoms with van der Waals surface area (Å²) < 4.78 is 6.33. The van der Waals surface area contributed by atoms with E-state index >= 15 is 0 Å². The number of ether oxygens (including phenoxy) is 1. The second kappa shape index (κ2) is 5.46. The fourth-order valence-electron chi connectivity index (χ4n) is 1.75. The number of carbonyl (C=O) groups excluding carboxylic acids is 1. The van der Waals surface area contributed by atoms with E-state index in [9.17, 15) is 4.79 Å². The van der Waals surface area contributed by atoms with E-state index in [4.69, 9.17) is 16.3 Å². The second-order valence-corrected chi connectivity index (χ2v) is 4.42. The van der Waals surface area contributed by atoms with Crippen molar-refractivity contribution in [1.82, 2.24) is 19.7 Å². The molecule has 2 aromatic heterocycles. The van der Waals surface area contributed by atoms with Gasteiger partial charge in [-0.25, -0.2) is 9.97 Å². The Hall–Kier alpha value is -1.79. The summed E-state index contributed by atoms with van der Waals surface area (Å²) in [6, 6.07) is 1.84. The summed E-state index contributed by atoms with van der Waals surface area (Å²) in [6.45, 7) is 3.91. The molecule has 0 saturated carbocycles. The highest BCUT2D eigenvalue weighted by Gasteiger charge is 2.18. The van der Waals surface area contributed by atoms with E-state index in [1.165, 1.54) is 11.8 Å². The molecule has 2 rings (SSSR count). The van der Waals surface area contributed by atoms with Gasteiger partial charge in [0.2, 0.25) is 0 Å². The Kier molecular flexibility index (Phi) is 3.92. The van der Waals surface area contributed by atoms with Gasteiger partial charge in [-0.15, -0.1) is 0 Å². The number of aryl methyl sites for hydroxylation is 2. The fraction of sp³-hybridized carbons (Fsp3) is 0.333. The molecule has 7 heteroatoms. The fourth-order valence-corrected chi connectivity index (χ4v) is 2.01. The van der Waals surface area contributed by atoms with Crippen LogP contribution in [0.1, 0.15) is 27.4 Å². The minimum atomic E-state index is 0.187. The van der Waals surface area contributed by atoms with Crippen molar-refractivity contribution in [1.29, 1.82) is 0 Å². The molecule has 6 nitrogen and oxygen atoms in total. The number of carbonyl (C=O) groups is 1.